The molecule has 0 saturated carbocycles. The van der Waals surface area contributed by atoms with Crippen LogP contribution in [0.2, 0.25) is 5.82 Å². The van der Waals surface area contributed by atoms with E-state index >= 15 is 0 Å². The molecule has 0 fully saturated rings. The Bertz CT molecular complexity index is 152. The number of Topliss-reactive ketones (excluding diaryl/α,β-unsaturated/α-hetero) is 1. The molecule has 0 aliphatic carbocycles. The molecule has 0 amide bonds. The van der Waals surface area contributed by atoms with Crippen molar-refractivity contribution in [3.8, 4) is 0 Å². The van der Waals surface area contributed by atoms with E-state index in [0.29, 0.717) is 0 Å². The quantitative estimate of drug-likeness (QED) is 0.474. The molecule has 0 saturated heterocycles. The zero-order valence-electron chi connectivity index (χ0n) is 7.10. The predicted molar refractivity (Wildman–Crippen MR) is 46.1 cm³/mol. The van der Waals surface area contributed by atoms with Crippen LogP contribution in [0, 0.1) is 6.92 Å². The monoisotopic (exact) mass is 171 g/mol. The lowest BCUT2D eigenvalue weighted by molar-refractivity contribution is -0.120. The number of nitrogens with two attached hydrogens (primary N) is 1. The topological polar surface area (TPSA) is 83.6 Å². The van der Waals surface area contributed by atoms with E-state index in [9.17, 15) is 4.79 Å². The van der Waals surface area contributed by atoms with E-state index in [-0.39, 0.29) is 18.6 Å². The summed E-state index contributed by atoms with van der Waals surface area (Å²) in [7, 11) is -1.47. The van der Waals surface area contributed by atoms with Crippen molar-refractivity contribution in [2.45, 2.75) is 31.6 Å². The maximum Gasteiger partial charge on any atom is 0.454 e. The number of rotatable bonds is 5. The predicted octanol–water partition coefficient (Wildman–Crippen LogP) is -0.763. The number of ketones is 1. The van der Waals surface area contributed by atoms with Crippen molar-refractivity contribution in [3.05, 3.63) is 6.92 Å². The number of hydrogen-bond acceptors (Lipinski definition) is 4. The molecule has 5 heteroatoms. The van der Waals surface area contributed by atoms with Crippen LogP contribution in [0.3, 0.4) is 0 Å². The van der Waals surface area contributed by atoms with Gasteiger partial charge in [-0.3, -0.25) is 4.79 Å². The molecule has 0 aromatic carbocycles. The third-order valence-corrected chi connectivity index (χ3v) is 1.70. The highest BCUT2D eigenvalue weighted by molar-refractivity contribution is 6.43. The van der Waals surface area contributed by atoms with Crippen LogP contribution >= 0.6 is 0 Å². The van der Waals surface area contributed by atoms with Crippen molar-refractivity contribution in [1.82, 2.24) is 0 Å². The Labute approximate surface area is 72.9 Å². The normalized spacial score (nSPS) is 15.4. The average Bonchev–Trinajstić information content (AvgIpc) is 2.02. The molecule has 12 heavy (non-hydrogen) atoms. The van der Waals surface area contributed by atoms with E-state index in [0.717, 1.165) is 0 Å². The van der Waals surface area contributed by atoms with Crippen molar-refractivity contribution in [3.63, 3.8) is 0 Å². The minimum atomic E-state index is -1.47. The van der Waals surface area contributed by atoms with Gasteiger partial charge in [-0.05, 0) is 19.2 Å². The lowest BCUT2D eigenvalue weighted by atomic mass is 9.71. The van der Waals surface area contributed by atoms with Crippen molar-refractivity contribution in [1.29, 1.82) is 0 Å². The number of hydrogen-bond donors (Lipinski definition) is 3. The smallest absolute Gasteiger partial charge is 0.427 e. The summed E-state index contributed by atoms with van der Waals surface area (Å²) in [5, 5.41) is 17.3. The van der Waals surface area contributed by atoms with Gasteiger partial charge in [0.05, 0.1) is 6.04 Å². The van der Waals surface area contributed by atoms with Gasteiger partial charge >= 0.3 is 7.12 Å². The van der Waals surface area contributed by atoms with Gasteiger partial charge in [-0.2, -0.15) is 0 Å². The Morgan fingerprint density at radius 2 is 2.17 bits per heavy atom. The number of carbonyl (C=O) groups is 1. The second-order valence-corrected chi connectivity index (χ2v) is 2.90. The van der Waals surface area contributed by atoms with Crippen molar-refractivity contribution >= 4 is 12.9 Å². The number of carbonyl (C=O) groups excluding carboxylic acids is 1. The zero-order valence-corrected chi connectivity index (χ0v) is 7.10. The molecule has 4 nitrogen and oxygen atoms in total. The molecule has 0 spiro atoms. The first-order valence-corrected chi connectivity index (χ1v) is 3.83. The van der Waals surface area contributed by atoms with Gasteiger partial charge in [0.25, 0.3) is 0 Å². The molecule has 0 heterocycles. The fraction of sp³-hybridized carbons (Fsp3) is 0.714. The minimum Gasteiger partial charge on any atom is -0.427 e. The van der Waals surface area contributed by atoms with E-state index in [1.165, 1.54) is 0 Å². The first-order valence-electron chi connectivity index (χ1n) is 3.83. The molecule has 0 aromatic heterocycles. The van der Waals surface area contributed by atoms with Crippen LogP contribution in [-0.2, 0) is 4.79 Å². The van der Waals surface area contributed by atoms with Gasteiger partial charge < -0.3 is 15.8 Å². The summed E-state index contributed by atoms with van der Waals surface area (Å²) in [4.78, 5) is 11.1. The molecule has 2 atom stereocenters. The standard InChI is InChI=1S/C7H14BNO3/c1-3-6(9)7(10)4-5(2)8(11)12/h1,5-6,11-12H,3-4,9H2,2H3/t5-,6?/m1/s1. The Kier molecular flexibility index (Phi) is 5.12. The lowest BCUT2D eigenvalue weighted by Crippen LogP contribution is -2.32. The maximum atomic E-state index is 11.1. The highest BCUT2D eigenvalue weighted by Crippen LogP contribution is 2.12. The zero-order chi connectivity index (χ0) is 9.72. The summed E-state index contributed by atoms with van der Waals surface area (Å²) < 4.78 is 0. The lowest BCUT2D eigenvalue weighted by Gasteiger charge is -2.11. The molecule has 1 unspecified atom stereocenters. The Hall–Kier alpha value is -0.385. The first-order chi connectivity index (χ1) is 5.49. The Morgan fingerprint density at radius 3 is 2.50 bits per heavy atom. The molecule has 2 radical (unpaired) electrons. The molecule has 4 N–H and O–H groups in total. The summed E-state index contributed by atoms with van der Waals surface area (Å²) >= 11 is 0. The second kappa shape index (κ2) is 5.29. The fourth-order valence-corrected chi connectivity index (χ4v) is 0.706. The van der Waals surface area contributed by atoms with E-state index in [1.807, 2.05) is 0 Å². The van der Waals surface area contributed by atoms with Crippen LogP contribution in [0.15, 0.2) is 0 Å². The van der Waals surface area contributed by atoms with Crippen molar-refractivity contribution < 1.29 is 14.8 Å². The molecule has 0 aliphatic rings. The SMILES string of the molecule is [CH]CC(N)C(=O)C[C@@H](C)B(O)O. The molecule has 68 valence electrons. The van der Waals surface area contributed by atoms with Crippen LogP contribution in [0.4, 0.5) is 0 Å². The van der Waals surface area contributed by atoms with E-state index in [1.54, 1.807) is 6.92 Å². The third-order valence-electron chi connectivity index (χ3n) is 1.70. The van der Waals surface area contributed by atoms with E-state index in [2.05, 4.69) is 0 Å². The van der Waals surface area contributed by atoms with Gasteiger partial charge in [-0.25, -0.2) is 0 Å². The van der Waals surface area contributed by atoms with Gasteiger partial charge in [0.15, 0.2) is 0 Å². The summed E-state index contributed by atoms with van der Waals surface area (Å²) in [5.41, 5.74) is 5.33. The Morgan fingerprint density at radius 1 is 1.67 bits per heavy atom. The summed E-state index contributed by atoms with van der Waals surface area (Å²) in [6, 6.07) is -0.689. The van der Waals surface area contributed by atoms with Gasteiger partial charge in [-0.1, -0.05) is 6.92 Å². The molecule has 0 aromatic rings. The molecule has 0 bridgehead atoms. The van der Waals surface area contributed by atoms with Crippen LogP contribution in [0.25, 0.3) is 0 Å². The van der Waals surface area contributed by atoms with E-state index < -0.39 is 19.0 Å². The van der Waals surface area contributed by atoms with Crippen molar-refractivity contribution in [2.75, 3.05) is 0 Å². The average molecular weight is 171 g/mol. The summed E-state index contributed by atoms with van der Waals surface area (Å²) in [6.07, 6.45) is 0.142. The van der Waals surface area contributed by atoms with Gasteiger partial charge in [0.1, 0.15) is 5.78 Å². The molecule has 0 aliphatic heterocycles. The minimum absolute atomic E-state index is 0.0516. The maximum absolute atomic E-state index is 11.1. The molecular formula is C7H14BNO3. The van der Waals surface area contributed by atoms with Crippen LogP contribution in [0.1, 0.15) is 19.8 Å². The van der Waals surface area contributed by atoms with Gasteiger partial charge in [-0.15, -0.1) is 0 Å². The van der Waals surface area contributed by atoms with Crippen LogP contribution in [-0.4, -0.2) is 29.0 Å². The highest BCUT2D eigenvalue weighted by atomic mass is 16.4. The largest absolute Gasteiger partial charge is 0.454 e. The van der Waals surface area contributed by atoms with Crippen molar-refractivity contribution in [2.24, 2.45) is 5.73 Å². The second-order valence-electron chi connectivity index (χ2n) is 2.90. The first kappa shape index (κ1) is 11.6. The third kappa shape index (κ3) is 3.85. The Balaban J connectivity index is 3.84. The van der Waals surface area contributed by atoms with Crippen LogP contribution < -0.4 is 5.73 Å². The molecular weight excluding hydrogens is 157 g/mol. The highest BCUT2D eigenvalue weighted by Gasteiger charge is 2.23. The summed E-state index contributed by atoms with van der Waals surface area (Å²) in [5.74, 6) is -0.729. The van der Waals surface area contributed by atoms with Gasteiger partial charge in [0, 0.05) is 6.42 Å². The van der Waals surface area contributed by atoms with Crippen LogP contribution in [0.5, 0.6) is 0 Å². The van der Waals surface area contributed by atoms with E-state index in [4.69, 9.17) is 22.7 Å². The fourth-order valence-electron chi connectivity index (χ4n) is 0.706. The summed E-state index contributed by atoms with van der Waals surface area (Å²) in [6.45, 7) is 6.72. The van der Waals surface area contributed by atoms with Gasteiger partial charge in [0.2, 0.25) is 0 Å². The molecule has 0 rings (SSSR count).